The number of β-amino-alcohol motifs (C(OH)–C–C–N with tert-alkyl or cyclic N) is 1. The quantitative estimate of drug-likeness (QED) is 0.761. The van der Waals surface area contributed by atoms with Gasteiger partial charge in [-0.15, -0.1) is 0 Å². The van der Waals surface area contributed by atoms with Gasteiger partial charge in [-0.1, -0.05) is 12.1 Å². The number of aliphatic hydroxyl groups excluding tert-OH is 1. The van der Waals surface area contributed by atoms with Crippen LogP contribution in [0, 0.1) is 17.6 Å². The number of ketones is 1. The first kappa shape index (κ1) is 21.1. The molecule has 2 unspecified atom stereocenters. The van der Waals surface area contributed by atoms with Gasteiger partial charge in [-0.25, -0.2) is 8.78 Å². The van der Waals surface area contributed by atoms with E-state index in [1.165, 1.54) is 24.3 Å². The van der Waals surface area contributed by atoms with Gasteiger partial charge in [-0.05, 0) is 74.3 Å². The molecule has 0 aromatic heterocycles. The molecular formula is C24H28F2N2O2. The van der Waals surface area contributed by atoms with Crippen LogP contribution in [0.15, 0.2) is 48.5 Å². The molecule has 30 heavy (non-hydrogen) atoms. The van der Waals surface area contributed by atoms with Gasteiger partial charge in [-0.3, -0.25) is 14.6 Å². The third-order valence-corrected chi connectivity index (χ3v) is 6.45. The zero-order valence-corrected chi connectivity index (χ0v) is 17.0. The van der Waals surface area contributed by atoms with Crippen LogP contribution in [-0.2, 0) is 6.54 Å². The number of piperidine rings is 2. The fourth-order valence-corrected chi connectivity index (χ4v) is 4.75. The summed E-state index contributed by atoms with van der Waals surface area (Å²) in [4.78, 5) is 17.2. The van der Waals surface area contributed by atoms with Gasteiger partial charge in [0.25, 0.3) is 0 Å². The lowest BCUT2D eigenvalue weighted by atomic mass is 9.87. The highest BCUT2D eigenvalue weighted by molar-refractivity contribution is 5.97. The van der Waals surface area contributed by atoms with Crippen LogP contribution in [0.25, 0.3) is 0 Å². The van der Waals surface area contributed by atoms with E-state index in [1.54, 1.807) is 24.3 Å². The van der Waals surface area contributed by atoms with E-state index in [0.29, 0.717) is 18.7 Å². The molecule has 0 bridgehead atoms. The number of carbonyl (C=O) groups excluding carboxylic acids is 1. The first-order chi connectivity index (χ1) is 14.5. The molecule has 1 N–H and O–H groups in total. The zero-order valence-electron chi connectivity index (χ0n) is 17.0. The van der Waals surface area contributed by atoms with Crippen molar-refractivity contribution in [2.24, 2.45) is 5.92 Å². The van der Waals surface area contributed by atoms with Crippen molar-refractivity contribution in [1.29, 1.82) is 0 Å². The lowest BCUT2D eigenvalue weighted by Crippen LogP contribution is -2.55. The average Bonchev–Trinajstić information content (AvgIpc) is 2.76. The summed E-state index contributed by atoms with van der Waals surface area (Å²) in [5, 5.41) is 10.7. The lowest BCUT2D eigenvalue weighted by molar-refractivity contribution is -0.0251. The normalized spacial score (nSPS) is 24.1. The SMILES string of the molecule is O=C(c1ccc(F)cc1)C1CCN(C2CCN(Cc3ccc(F)cc3)CC2O)CC1. The van der Waals surface area contributed by atoms with E-state index in [0.717, 1.165) is 44.5 Å². The molecule has 2 saturated heterocycles. The summed E-state index contributed by atoms with van der Waals surface area (Å²) >= 11 is 0. The van der Waals surface area contributed by atoms with Crippen molar-refractivity contribution in [3.8, 4) is 0 Å². The highest BCUT2D eigenvalue weighted by atomic mass is 19.1. The van der Waals surface area contributed by atoms with Crippen molar-refractivity contribution >= 4 is 5.78 Å². The van der Waals surface area contributed by atoms with Gasteiger partial charge in [0.05, 0.1) is 6.10 Å². The highest BCUT2D eigenvalue weighted by Crippen LogP contribution is 2.27. The molecule has 6 heteroatoms. The fourth-order valence-electron chi connectivity index (χ4n) is 4.75. The second-order valence-electron chi connectivity index (χ2n) is 8.47. The van der Waals surface area contributed by atoms with Gasteiger partial charge < -0.3 is 5.11 Å². The third-order valence-electron chi connectivity index (χ3n) is 6.45. The van der Waals surface area contributed by atoms with E-state index in [2.05, 4.69) is 9.80 Å². The molecule has 160 valence electrons. The second-order valence-corrected chi connectivity index (χ2v) is 8.47. The van der Waals surface area contributed by atoms with Gasteiger partial charge in [0.15, 0.2) is 5.78 Å². The lowest BCUT2D eigenvalue weighted by Gasteiger charge is -2.44. The first-order valence-electron chi connectivity index (χ1n) is 10.7. The van der Waals surface area contributed by atoms with Crippen LogP contribution >= 0.6 is 0 Å². The molecule has 0 radical (unpaired) electrons. The van der Waals surface area contributed by atoms with Gasteiger partial charge >= 0.3 is 0 Å². The van der Waals surface area contributed by atoms with Gasteiger partial charge in [0.2, 0.25) is 0 Å². The number of nitrogens with zero attached hydrogens (tertiary/aromatic N) is 2. The standard InChI is InChI=1S/C24H28F2N2O2/c25-20-5-1-17(2-6-20)15-27-12-11-22(23(29)16-27)28-13-9-19(10-14-28)24(30)18-3-7-21(26)8-4-18/h1-8,19,22-23,29H,9-16H2. The average molecular weight is 414 g/mol. The van der Waals surface area contributed by atoms with E-state index in [9.17, 15) is 18.7 Å². The topological polar surface area (TPSA) is 43.8 Å². The van der Waals surface area contributed by atoms with Crippen LogP contribution in [-0.4, -0.2) is 59.0 Å². The molecule has 4 rings (SSSR count). The van der Waals surface area contributed by atoms with E-state index in [1.807, 2.05) is 0 Å². The summed E-state index contributed by atoms with van der Waals surface area (Å²) in [6.45, 7) is 3.76. The number of halogens is 2. The molecule has 2 heterocycles. The van der Waals surface area contributed by atoms with Crippen molar-refractivity contribution in [3.63, 3.8) is 0 Å². The Morgan fingerprint density at radius 3 is 2.10 bits per heavy atom. The Balaban J connectivity index is 1.27. The predicted octanol–water partition coefficient (Wildman–Crippen LogP) is 3.49. The molecular weight excluding hydrogens is 386 g/mol. The van der Waals surface area contributed by atoms with Crippen molar-refractivity contribution in [3.05, 3.63) is 71.3 Å². The number of benzene rings is 2. The van der Waals surface area contributed by atoms with Crippen molar-refractivity contribution < 1.29 is 18.7 Å². The summed E-state index contributed by atoms with van der Waals surface area (Å²) in [5.41, 5.74) is 1.62. The Morgan fingerprint density at radius 2 is 1.50 bits per heavy atom. The van der Waals surface area contributed by atoms with Gasteiger partial charge in [0.1, 0.15) is 11.6 Å². The number of hydrogen-bond donors (Lipinski definition) is 1. The zero-order chi connectivity index (χ0) is 21.1. The second kappa shape index (κ2) is 9.33. The molecule has 0 spiro atoms. The van der Waals surface area contributed by atoms with Crippen LogP contribution in [0.5, 0.6) is 0 Å². The highest BCUT2D eigenvalue weighted by Gasteiger charge is 2.35. The Hall–Kier alpha value is -2.15. The Bertz CT molecular complexity index is 849. The Labute approximate surface area is 176 Å². The van der Waals surface area contributed by atoms with E-state index in [-0.39, 0.29) is 29.4 Å². The molecule has 0 saturated carbocycles. The summed E-state index contributed by atoms with van der Waals surface area (Å²) in [5.74, 6) is -0.522. The minimum absolute atomic E-state index is 0.0394. The third kappa shape index (κ3) is 4.94. The van der Waals surface area contributed by atoms with Crippen LogP contribution in [0.2, 0.25) is 0 Å². The maximum atomic E-state index is 13.1. The summed E-state index contributed by atoms with van der Waals surface area (Å²) < 4.78 is 26.2. The maximum Gasteiger partial charge on any atom is 0.166 e. The van der Waals surface area contributed by atoms with E-state index >= 15 is 0 Å². The Morgan fingerprint density at radius 1 is 0.900 bits per heavy atom. The Kier molecular flexibility index (Phi) is 6.56. The molecule has 2 aromatic carbocycles. The minimum atomic E-state index is -0.441. The molecule has 2 aliphatic rings. The van der Waals surface area contributed by atoms with Crippen molar-refractivity contribution in [2.45, 2.75) is 38.0 Å². The number of hydrogen-bond acceptors (Lipinski definition) is 4. The minimum Gasteiger partial charge on any atom is -0.390 e. The molecule has 2 aromatic rings. The van der Waals surface area contributed by atoms with Crippen molar-refractivity contribution in [1.82, 2.24) is 9.80 Å². The molecule has 2 atom stereocenters. The van der Waals surface area contributed by atoms with Crippen LogP contribution < -0.4 is 0 Å². The van der Waals surface area contributed by atoms with Gasteiger partial charge in [0, 0.05) is 37.2 Å². The molecule has 4 nitrogen and oxygen atoms in total. The van der Waals surface area contributed by atoms with E-state index < -0.39 is 6.10 Å². The summed E-state index contributed by atoms with van der Waals surface area (Å²) in [6.07, 6.45) is 1.96. The summed E-state index contributed by atoms with van der Waals surface area (Å²) in [7, 11) is 0. The fraction of sp³-hybridized carbons (Fsp3) is 0.458. The van der Waals surface area contributed by atoms with E-state index in [4.69, 9.17) is 0 Å². The molecule has 2 aliphatic heterocycles. The number of aliphatic hydroxyl groups is 1. The summed E-state index contributed by atoms with van der Waals surface area (Å²) in [6, 6.07) is 12.4. The predicted molar refractivity (Wildman–Crippen MR) is 111 cm³/mol. The van der Waals surface area contributed by atoms with Crippen LogP contribution in [0.3, 0.4) is 0 Å². The maximum absolute atomic E-state index is 13.1. The smallest absolute Gasteiger partial charge is 0.166 e. The van der Waals surface area contributed by atoms with Crippen LogP contribution in [0.1, 0.15) is 35.2 Å². The van der Waals surface area contributed by atoms with Crippen LogP contribution in [0.4, 0.5) is 8.78 Å². The van der Waals surface area contributed by atoms with Gasteiger partial charge in [-0.2, -0.15) is 0 Å². The number of likely N-dealkylation sites (tertiary alicyclic amines) is 2. The number of carbonyl (C=O) groups is 1. The number of Topliss-reactive ketones (excluding diaryl/α,β-unsaturated/α-hetero) is 1. The largest absolute Gasteiger partial charge is 0.390 e. The number of rotatable bonds is 5. The monoisotopic (exact) mass is 414 g/mol. The van der Waals surface area contributed by atoms with Crippen molar-refractivity contribution in [2.75, 3.05) is 26.2 Å². The molecule has 0 amide bonds. The molecule has 0 aliphatic carbocycles. The first-order valence-corrected chi connectivity index (χ1v) is 10.7. The molecule has 2 fully saturated rings.